The molecule has 0 aliphatic heterocycles. The summed E-state index contributed by atoms with van der Waals surface area (Å²) < 4.78 is 0. The van der Waals surface area contributed by atoms with Gasteiger partial charge < -0.3 is 10.6 Å². The van der Waals surface area contributed by atoms with E-state index in [-0.39, 0.29) is 6.03 Å². The summed E-state index contributed by atoms with van der Waals surface area (Å²) in [4.78, 5) is 12.2. The van der Waals surface area contributed by atoms with E-state index in [4.69, 9.17) is 11.6 Å². The summed E-state index contributed by atoms with van der Waals surface area (Å²) in [5.41, 5.74) is 1.12. The van der Waals surface area contributed by atoms with Gasteiger partial charge in [-0.2, -0.15) is 0 Å². The fraction of sp³-hybridized carbons (Fsp3) is 0.611. The lowest BCUT2D eigenvalue weighted by Crippen LogP contribution is -2.51. The van der Waals surface area contributed by atoms with Gasteiger partial charge in [0.1, 0.15) is 0 Å². The number of hydrogen-bond donors (Lipinski definition) is 2. The Labute approximate surface area is 136 Å². The lowest BCUT2D eigenvalue weighted by atomic mass is 9.49. The van der Waals surface area contributed by atoms with E-state index < -0.39 is 0 Å². The summed E-state index contributed by atoms with van der Waals surface area (Å²) >= 11 is 5.94. The molecule has 0 unspecified atom stereocenters. The molecule has 1 aromatic rings. The van der Waals surface area contributed by atoms with Crippen molar-refractivity contribution in [2.75, 3.05) is 11.9 Å². The van der Waals surface area contributed by atoms with E-state index in [1.54, 1.807) is 12.1 Å². The third-order valence-corrected chi connectivity index (χ3v) is 6.11. The van der Waals surface area contributed by atoms with Gasteiger partial charge >= 0.3 is 6.03 Å². The molecular weight excluding hydrogens is 296 g/mol. The van der Waals surface area contributed by atoms with Crippen molar-refractivity contribution in [3.05, 3.63) is 29.3 Å². The summed E-state index contributed by atoms with van der Waals surface area (Å²) in [6, 6.07) is 7.16. The highest BCUT2D eigenvalue weighted by Crippen LogP contribution is 2.59. The molecule has 4 aliphatic carbocycles. The second kappa shape index (κ2) is 5.45. The minimum absolute atomic E-state index is 0.113. The maximum absolute atomic E-state index is 12.2. The van der Waals surface area contributed by atoms with Crippen molar-refractivity contribution in [1.82, 2.24) is 5.32 Å². The Kier molecular flexibility index (Phi) is 3.56. The van der Waals surface area contributed by atoms with Crippen LogP contribution in [0.3, 0.4) is 0 Å². The SMILES string of the molecule is O=C(NCC12CC3CC(CC(C3)C1)C2)Nc1cccc(Cl)c1. The van der Waals surface area contributed by atoms with E-state index in [1.165, 1.54) is 38.5 Å². The number of carbonyl (C=O) groups excluding carboxylic acids is 1. The molecule has 1 aromatic carbocycles. The van der Waals surface area contributed by atoms with Crippen molar-refractivity contribution < 1.29 is 4.79 Å². The highest BCUT2D eigenvalue weighted by molar-refractivity contribution is 6.30. The Morgan fingerprint density at radius 1 is 1.14 bits per heavy atom. The first kappa shape index (κ1) is 14.4. The topological polar surface area (TPSA) is 41.1 Å². The minimum atomic E-state index is -0.113. The van der Waals surface area contributed by atoms with Gasteiger partial charge in [0.2, 0.25) is 0 Å². The first-order valence-electron chi connectivity index (χ1n) is 8.41. The van der Waals surface area contributed by atoms with Gasteiger partial charge in [-0.3, -0.25) is 0 Å². The molecule has 0 aromatic heterocycles. The van der Waals surface area contributed by atoms with Crippen LogP contribution in [0.25, 0.3) is 0 Å². The fourth-order valence-electron chi connectivity index (χ4n) is 5.52. The Bertz CT molecular complexity index is 551. The van der Waals surface area contributed by atoms with Crippen LogP contribution in [0.2, 0.25) is 5.02 Å². The zero-order valence-electron chi connectivity index (χ0n) is 12.8. The van der Waals surface area contributed by atoms with Gasteiger partial charge in [-0.05, 0) is 79.9 Å². The van der Waals surface area contributed by atoms with E-state index in [1.807, 2.05) is 12.1 Å². The number of amides is 2. The number of halogens is 1. The first-order valence-corrected chi connectivity index (χ1v) is 8.78. The summed E-state index contributed by atoms with van der Waals surface area (Å²) in [6.07, 6.45) is 8.26. The van der Waals surface area contributed by atoms with Crippen molar-refractivity contribution in [2.45, 2.75) is 38.5 Å². The zero-order valence-corrected chi connectivity index (χ0v) is 13.5. The van der Waals surface area contributed by atoms with Gasteiger partial charge in [0.15, 0.2) is 0 Å². The molecule has 4 fully saturated rings. The second-order valence-electron chi connectivity index (χ2n) is 7.74. The third-order valence-electron chi connectivity index (χ3n) is 5.87. The van der Waals surface area contributed by atoms with E-state index in [0.717, 1.165) is 30.0 Å². The number of carbonyl (C=O) groups is 1. The van der Waals surface area contributed by atoms with Gasteiger partial charge in [0.05, 0.1) is 0 Å². The highest BCUT2D eigenvalue weighted by atomic mass is 35.5. The summed E-state index contributed by atoms with van der Waals surface area (Å²) in [7, 11) is 0. The van der Waals surface area contributed by atoms with Crippen LogP contribution in [0, 0.1) is 23.2 Å². The maximum Gasteiger partial charge on any atom is 0.319 e. The number of urea groups is 1. The van der Waals surface area contributed by atoms with E-state index >= 15 is 0 Å². The van der Waals surface area contributed by atoms with Gasteiger partial charge in [-0.15, -0.1) is 0 Å². The van der Waals surface area contributed by atoms with Crippen LogP contribution in [0.4, 0.5) is 10.5 Å². The Hall–Kier alpha value is -1.22. The lowest BCUT2D eigenvalue weighted by molar-refractivity contribution is -0.0496. The van der Waals surface area contributed by atoms with E-state index in [9.17, 15) is 4.79 Å². The van der Waals surface area contributed by atoms with Gasteiger partial charge in [-0.1, -0.05) is 17.7 Å². The molecule has 4 aliphatic rings. The average molecular weight is 319 g/mol. The number of anilines is 1. The molecule has 2 N–H and O–H groups in total. The molecule has 4 heteroatoms. The molecule has 4 saturated carbocycles. The van der Waals surface area contributed by atoms with Crippen LogP contribution >= 0.6 is 11.6 Å². The number of rotatable bonds is 3. The number of benzene rings is 1. The molecule has 0 atom stereocenters. The quantitative estimate of drug-likeness (QED) is 0.835. The summed E-state index contributed by atoms with van der Waals surface area (Å²) in [5, 5.41) is 6.63. The normalized spacial score (nSPS) is 35.4. The fourth-order valence-corrected chi connectivity index (χ4v) is 5.71. The van der Waals surface area contributed by atoms with Gasteiger partial charge in [0, 0.05) is 17.3 Å². The molecule has 0 spiro atoms. The van der Waals surface area contributed by atoms with Gasteiger partial charge in [-0.25, -0.2) is 4.79 Å². The van der Waals surface area contributed by atoms with E-state index in [2.05, 4.69) is 10.6 Å². The predicted octanol–water partition coefficient (Wildman–Crippen LogP) is 4.68. The summed E-state index contributed by atoms with van der Waals surface area (Å²) in [6.45, 7) is 0.822. The van der Waals surface area contributed by atoms with Crippen molar-refractivity contribution in [3.63, 3.8) is 0 Å². The molecule has 4 bridgehead atoms. The third kappa shape index (κ3) is 2.83. The van der Waals surface area contributed by atoms with Crippen molar-refractivity contribution in [3.8, 4) is 0 Å². The maximum atomic E-state index is 12.2. The van der Waals surface area contributed by atoms with E-state index in [0.29, 0.717) is 10.4 Å². The molecular formula is C18H23ClN2O. The van der Waals surface area contributed by atoms with Crippen molar-refractivity contribution >= 4 is 23.3 Å². The molecule has 118 valence electrons. The van der Waals surface area contributed by atoms with Crippen LogP contribution in [0.15, 0.2) is 24.3 Å². The standard InChI is InChI=1S/C18H23ClN2O/c19-15-2-1-3-16(7-15)21-17(22)20-11-18-8-12-4-13(9-18)6-14(5-12)10-18/h1-3,7,12-14H,4-6,8-11H2,(H2,20,21,22). The predicted molar refractivity (Wildman–Crippen MR) is 89.1 cm³/mol. The number of nitrogens with one attached hydrogen (secondary N) is 2. The summed E-state index contributed by atoms with van der Waals surface area (Å²) in [5.74, 6) is 2.76. The highest BCUT2D eigenvalue weighted by Gasteiger charge is 2.50. The first-order chi connectivity index (χ1) is 10.6. The monoisotopic (exact) mass is 318 g/mol. The smallest absolute Gasteiger partial charge is 0.319 e. The van der Waals surface area contributed by atoms with Crippen molar-refractivity contribution in [2.24, 2.45) is 23.2 Å². The van der Waals surface area contributed by atoms with Crippen LogP contribution in [0.1, 0.15) is 38.5 Å². The van der Waals surface area contributed by atoms with Crippen molar-refractivity contribution in [1.29, 1.82) is 0 Å². The van der Waals surface area contributed by atoms with Crippen LogP contribution in [-0.2, 0) is 0 Å². The molecule has 5 rings (SSSR count). The van der Waals surface area contributed by atoms with Gasteiger partial charge in [0.25, 0.3) is 0 Å². The average Bonchev–Trinajstić information content (AvgIpc) is 2.44. The Morgan fingerprint density at radius 2 is 1.77 bits per heavy atom. The second-order valence-corrected chi connectivity index (χ2v) is 8.17. The molecule has 0 saturated heterocycles. The van der Waals surface area contributed by atoms with Crippen LogP contribution in [-0.4, -0.2) is 12.6 Å². The molecule has 3 nitrogen and oxygen atoms in total. The molecule has 2 amide bonds. The van der Waals surface area contributed by atoms with Crippen LogP contribution in [0.5, 0.6) is 0 Å². The Balaban J connectivity index is 1.35. The molecule has 22 heavy (non-hydrogen) atoms. The largest absolute Gasteiger partial charge is 0.337 e. The molecule has 0 radical (unpaired) electrons. The minimum Gasteiger partial charge on any atom is -0.337 e. The van der Waals surface area contributed by atoms with Crippen LogP contribution < -0.4 is 10.6 Å². The number of hydrogen-bond acceptors (Lipinski definition) is 1. The lowest BCUT2D eigenvalue weighted by Gasteiger charge is -2.56. The zero-order chi connectivity index (χ0) is 15.2. The Morgan fingerprint density at radius 3 is 2.36 bits per heavy atom. The molecule has 0 heterocycles.